The minimum Gasteiger partial charge on any atom is -0.310 e. The van der Waals surface area contributed by atoms with Gasteiger partial charge in [-0.2, -0.15) is 0 Å². The predicted octanol–water partition coefficient (Wildman–Crippen LogP) is 15.0. The Morgan fingerprint density at radius 3 is 1.88 bits per heavy atom. The first-order valence-corrected chi connectivity index (χ1v) is 19.5. The normalized spacial score (nSPS) is 13.3. The summed E-state index contributed by atoms with van der Waals surface area (Å²) >= 11 is 3.75. The predicted molar refractivity (Wildman–Crippen MR) is 227 cm³/mol. The lowest BCUT2D eigenvalue weighted by atomic mass is 9.82. The Morgan fingerprint density at radius 2 is 1.02 bits per heavy atom. The second-order valence-corrected chi connectivity index (χ2v) is 16.7. The number of benzene rings is 8. The molecule has 1 aliphatic carbocycles. The first-order chi connectivity index (χ1) is 25.5. The van der Waals surface area contributed by atoms with Gasteiger partial charge in [-0.05, 0) is 105 Å². The summed E-state index contributed by atoms with van der Waals surface area (Å²) in [6.45, 7) is 4.72. The zero-order chi connectivity index (χ0) is 34.6. The maximum Gasteiger partial charge on any atom is 0.0476 e. The molecule has 0 aliphatic heterocycles. The molecule has 0 spiro atoms. The number of anilines is 3. The van der Waals surface area contributed by atoms with Crippen LogP contribution >= 0.6 is 22.7 Å². The van der Waals surface area contributed by atoms with Crippen LogP contribution in [0.25, 0.3) is 73.4 Å². The average molecular weight is 700 g/mol. The van der Waals surface area contributed by atoms with Crippen LogP contribution in [0.4, 0.5) is 17.1 Å². The molecule has 0 bridgehead atoms. The van der Waals surface area contributed by atoms with Crippen molar-refractivity contribution in [2.45, 2.75) is 19.3 Å². The molecule has 0 unspecified atom stereocenters. The van der Waals surface area contributed by atoms with E-state index in [4.69, 9.17) is 0 Å². The highest BCUT2D eigenvalue weighted by molar-refractivity contribution is 7.26. The van der Waals surface area contributed by atoms with E-state index in [1.54, 1.807) is 0 Å². The number of nitrogens with zero attached hydrogens (tertiary/aromatic N) is 1. The SMILES string of the molecule is CC1(C)c2ccccc2-c2ccc(N(c3ccc(-c4ccc5ccc6sc7ccccc7c6c5c4)cc3)c3ccc4c(c3)sc3ccccc34)cc21. The Hall–Kier alpha value is -5.74. The standard InChI is InChI=1S/C49H33NS2/c1-49(2)42-12-6-3-9-36(42)37-24-22-34(28-43(37)49)50(35-23-25-39-38-10-4-7-13-44(38)52-47(39)29-35)33-20-17-30(18-21-33)32-16-15-31-19-26-46-48(41(31)27-32)40-11-5-8-14-45(40)51-46/h3-29H,1-2H3. The van der Waals surface area contributed by atoms with Crippen molar-refractivity contribution >= 4 is 90.9 Å². The van der Waals surface area contributed by atoms with Crippen LogP contribution in [-0.4, -0.2) is 0 Å². The molecule has 2 heterocycles. The molecule has 246 valence electrons. The van der Waals surface area contributed by atoms with Gasteiger partial charge in [-0.3, -0.25) is 0 Å². The van der Waals surface area contributed by atoms with Crippen molar-refractivity contribution in [3.8, 4) is 22.3 Å². The van der Waals surface area contributed by atoms with Crippen LogP contribution in [0, 0.1) is 0 Å². The summed E-state index contributed by atoms with van der Waals surface area (Å²) in [5, 5.41) is 7.94. The third-order valence-electron chi connectivity index (χ3n) is 11.3. The molecule has 2 aromatic heterocycles. The molecule has 0 N–H and O–H groups in total. The van der Waals surface area contributed by atoms with Gasteiger partial charge < -0.3 is 4.90 Å². The number of fused-ring (bicyclic) bond motifs is 11. The van der Waals surface area contributed by atoms with Crippen molar-refractivity contribution in [3.05, 3.63) is 175 Å². The minimum absolute atomic E-state index is 0.0812. The van der Waals surface area contributed by atoms with Crippen molar-refractivity contribution in [1.82, 2.24) is 0 Å². The van der Waals surface area contributed by atoms with E-state index in [0.717, 1.165) is 11.4 Å². The Kier molecular flexibility index (Phi) is 6.41. The van der Waals surface area contributed by atoms with E-state index in [2.05, 4.69) is 183 Å². The van der Waals surface area contributed by atoms with Crippen LogP contribution in [0.5, 0.6) is 0 Å². The monoisotopic (exact) mass is 699 g/mol. The van der Waals surface area contributed by atoms with E-state index in [9.17, 15) is 0 Å². The third kappa shape index (κ3) is 4.40. The molecule has 0 saturated heterocycles. The average Bonchev–Trinajstić information content (AvgIpc) is 3.83. The molecule has 0 saturated carbocycles. The largest absolute Gasteiger partial charge is 0.310 e. The van der Waals surface area contributed by atoms with Crippen LogP contribution in [0.3, 0.4) is 0 Å². The van der Waals surface area contributed by atoms with Crippen LogP contribution in [-0.2, 0) is 5.41 Å². The summed E-state index contributed by atoms with van der Waals surface area (Å²) in [5.41, 5.74) is 11.3. The van der Waals surface area contributed by atoms with Gasteiger partial charge in [0.25, 0.3) is 0 Å². The van der Waals surface area contributed by atoms with Gasteiger partial charge >= 0.3 is 0 Å². The molecule has 11 rings (SSSR count). The second kappa shape index (κ2) is 11.1. The fraction of sp³-hybridized carbons (Fsp3) is 0.0612. The van der Waals surface area contributed by atoms with E-state index in [0.29, 0.717) is 0 Å². The zero-order valence-electron chi connectivity index (χ0n) is 28.9. The Morgan fingerprint density at radius 1 is 0.404 bits per heavy atom. The summed E-state index contributed by atoms with van der Waals surface area (Å²) in [7, 11) is 0. The lowest BCUT2D eigenvalue weighted by molar-refractivity contribution is 0.660. The van der Waals surface area contributed by atoms with Gasteiger partial charge in [0.15, 0.2) is 0 Å². The maximum absolute atomic E-state index is 2.44. The van der Waals surface area contributed by atoms with Gasteiger partial charge in [0, 0.05) is 62.8 Å². The third-order valence-corrected chi connectivity index (χ3v) is 13.5. The summed E-state index contributed by atoms with van der Waals surface area (Å²) in [6, 6.07) is 61.1. The zero-order valence-corrected chi connectivity index (χ0v) is 30.5. The van der Waals surface area contributed by atoms with Crippen molar-refractivity contribution in [2.24, 2.45) is 0 Å². The molecule has 1 nitrogen and oxygen atoms in total. The molecular formula is C49H33NS2. The van der Waals surface area contributed by atoms with Crippen molar-refractivity contribution < 1.29 is 0 Å². The van der Waals surface area contributed by atoms with E-state index in [1.807, 2.05) is 22.7 Å². The Balaban J connectivity index is 1.06. The highest BCUT2D eigenvalue weighted by Gasteiger charge is 2.35. The molecule has 3 heteroatoms. The summed E-state index contributed by atoms with van der Waals surface area (Å²) in [6.07, 6.45) is 0. The van der Waals surface area contributed by atoms with E-state index in [-0.39, 0.29) is 5.41 Å². The summed E-state index contributed by atoms with van der Waals surface area (Å²) < 4.78 is 5.31. The number of rotatable bonds is 4. The molecule has 8 aromatic carbocycles. The second-order valence-electron chi connectivity index (χ2n) is 14.5. The maximum atomic E-state index is 2.44. The lowest BCUT2D eigenvalue weighted by Gasteiger charge is -2.28. The molecule has 52 heavy (non-hydrogen) atoms. The molecule has 0 fully saturated rings. The van der Waals surface area contributed by atoms with Gasteiger partial charge in [0.2, 0.25) is 0 Å². The van der Waals surface area contributed by atoms with Gasteiger partial charge in [-0.25, -0.2) is 0 Å². The highest BCUT2D eigenvalue weighted by atomic mass is 32.1. The van der Waals surface area contributed by atoms with E-state index >= 15 is 0 Å². The van der Waals surface area contributed by atoms with Gasteiger partial charge in [-0.15, -0.1) is 22.7 Å². The van der Waals surface area contributed by atoms with Crippen LogP contribution in [0.1, 0.15) is 25.0 Å². The fourth-order valence-electron chi connectivity index (χ4n) is 8.66. The highest BCUT2D eigenvalue weighted by Crippen LogP contribution is 2.51. The van der Waals surface area contributed by atoms with Crippen molar-refractivity contribution in [3.63, 3.8) is 0 Å². The van der Waals surface area contributed by atoms with Crippen molar-refractivity contribution in [2.75, 3.05) is 4.90 Å². The van der Waals surface area contributed by atoms with E-state index < -0.39 is 0 Å². The topological polar surface area (TPSA) is 3.24 Å². The summed E-state index contributed by atoms with van der Waals surface area (Å²) in [5.74, 6) is 0. The Labute approximate surface area is 310 Å². The van der Waals surface area contributed by atoms with Gasteiger partial charge in [0.05, 0.1) is 0 Å². The first kappa shape index (κ1) is 29.9. The smallest absolute Gasteiger partial charge is 0.0476 e. The number of hydrogen-bond donors (Lipinski definition) is 0. The molecule has 1 aliphatic rings. The van der Waals surface area contributed by atoms with Crippen molar-refractivity contribution in [1.29, 1.82) is 0 Å². The van der Waals surface area contributed by atoms with Crippen LogP contribution < -0.4 is 4.90 Å². The minimum atomic E-state index is -0.0812. The molecular weight excluding hydrogens is 667 g/mol. The fourth-order valence-corrected chi connectivity index (χ4v) is 10.9. The molecule has 10 aromatic rings. The first-order valence-electron chi connectivity index (χ1n) is 17.9. The quantitative estimate of drug-likeness (QED) is 0.177. The molecule has 0 radical (unpaired) electrons. The number of hydrogen-bond acceptors (Lipinski definition) is 3. The number of thiophene rings is 2. The van der Waals surface area contributed by atoms with Gasteiger partial charge in [0.1, 0.15) is 0 Å². The van der Waals surface area contributed by atoms with Crippen LogP contribution in [0.2, 0.25) is 0 Å². The molecule has 0 atom stereocenters. The molecule has 0 amide bonds. The lowest BCUT2D eigenvalue weighted by Crippen LogP contribution is -2.16. The Bertz CT molecular complexity index is 3050. The van der Waals surface area contributed by atoms with E-state index in [1.165, 1.54) is 90.2 Å². The van der Waals surface area contributed by atoms with Gasteiger partial charge in [-0.1, -0.05) is 117 Å². The van der Waals surface area contributed by atoms with Crippen LogP contribution in [0.15, 0.2) is 164 Å². The summed E-state index contributed by atoms with van der Waals surface area (Å²) in [4.78, 5) is 2.44.